The van der Waals surface area contributed by atoms with Crippen LogP contribution in [0.15, 0.2) is 42.6 Å². The molecule has 0 fully saturated rings. The van der Waals surface area contributed by atoms with Crippen molar-refractivity contribution in [2.75, 3.05) is 28.4 Å². The van der Waals surface area contributed by atoms with E-state index in [-0.39, 0.29) is 12.1 Å². The highest BCUT2D eigenvalue weighted by Gasteiger charge is 2.33. The Kier molecular flexibility index (Phi) is 6.74. The Balaban J connectivity index is 1.87. The van der Waals surface area contributed by atoms with Crippen molar-refractivity contribution < 1.29 is 27.4 Å². The molecular weight excluding hydrogens is 411 g/mol. The van der Waals surface area contributed by atoms with E-state index in [4.69, 9.17) is 14.2 Å². The van der Waals surface area contributed by atoms with Crippen LogP contribution in [0.3, 0.4) is 0 Å². The van der Waals surface area contributed by atoms with Gasteiger partial charge < -0.3 is 14.2 Å². The molecular formula is C22H24F3N3O3. The van der Waals surface area contributed by atoms with Crippen molar-refractivity contribution in [2.45, 2.75) is 19.3 Å². The van der Waals surface area contributed by atoms with Gasteiger partial charge in [-0.3, -0.25) is 10.00 Å². The monoisotopic (exact) mass is 435 g/mol. The quantitative estimate of drug-likeness (QED) is 0.553. The van der Waals surface area contributed by atoms with Crippen LogP contribution in [0.1, 0.15) is 16.7 Å². The number of halogens is 3. The minimum absolute atomic E-state index is 0.134. The van der Waals surface area contributed by atoms with Crippen LogP contribution in [-0.4, -0.2) is 43.5 Å². The third-order valence-corrected chi connectivity index (χ3v) is 4.87. The smallest absolute Gasteiger partial charge is 0.416 e. The second kappa shape index (κ2) is 9.30. The molecule has 0 radical (unpaired) electrons. The lowest BCUT2D eigenvalue weighted by Gasteiger charge is -2.20. The summed E-state index contributed by atoms with van der Waals surface area (Å²) in [6.07, 6.45) is -2.74. The van der Waals surface area contributed by atoms with Crippen LogP contribution in [-0.2, 0) is 19.3 Å². The molecule has 0 saturated carbocycles. The molecule has 3 aromatic rings. The third-order valence-electron chi connectivity index (χ3n) is 4.87. The van der Waals surface area contributed by atoms with Gasteiger partial charge in [0.15, 0.2) is 11.5 Å². The predicted octanol–water partition coefficient (Wildman–Crippen LogP) is 4.75. The first-order valence-electron chi connectivity index (χ1n) is 9.44. The molecule has 0 aliphatic rings. The number of H-pyrrole nitrogens is 1. The average molecular weight is 435 g/mol. The van der Waals surface area contributed by atoms with Gasteiger partial charge in [0.05, 0.1) is 38.8 Å². The van der Waals surface area contributed by atoms with Crippen LogP contribution in [0.2, 0.25) is 0 Å². The SMILES string of the molecule is COc1cc(-c2[nH]ncc2CN(C)Cc2ccccc2C(F)(F)F)cc(OC)c1OC. The van der Waals surface area contributed by atoms with Gasteiger partial charge in [0.25, 0.3) is 0 Å². The van der Waals surface area contributed by atoms with Gasteiger partial charge in [-0.05, 0) is 30.8 Å². The molecule has 1 heterocycles. The lowest BCUT2D eigenvalue weighted by atomic mass is 10.0. The van der Waals surface area contributed by atoms with Gasteiger partial charge in [-0.1, -0.05) is 18.2 Å². The van der Waals surface area contributed by atoms with Crippen LogP contribution in [0.25, 0.3) is 11.3 Å². The first-order valence-corrected chi connectivity index (χ1v) is 9.44. The Labute approximate surface area is 178 Å². The van der Waals surface area contributed by atoms with Crippen LogP contribution < -0.4 is 14.2 Å². The third kappa shape index (κ3) is 4.93. The first-order chi connectivity index (χ1) is 14.8. The van der Waals surface area contributed by atoms with E-state index in [2.05, 4.69) is 10.2 Å². The van der Waals surface area contributed by atoms with Crippen LogP contribution in [0.4, 0.5) is 13.2 Å². The van der Waals surface area contributed by atoms with Gasteiger partial charge in [0, 0.05) is 24.2 Å². The number of nitrogens with zero attached hydrogens (tertiary/aromatic N) is 2. The lowest BCUT2D eigenvalue weighted by Crippen LogP contribution is -2.20. The summed E-state index contributed by atoms with van der Waals surface area (Å²) in [5.41, 5.74) is 1.89. The first kappa shape index (κ1) is 22.5. The molecule has 0 atom stereocenters. The highest BCUT2D eigenvalue weighted by atomic mass is 19.4. The molecule has 1 N–H and O–H groups in total. The summed E-state index contributed by atoms with van der Waals surface area (Å²) in [7, 11) is 6.34. The maximum Gasteiger partial charge on any atom is 0.416 e. The number of alkyl halides is 3. The van der Waals surface area contributed by atoms with Crippen LogP contribution in [0.5, 0.6) is 17.2 Å². The fraction of sp³-hybridized carbons (Fsp3) is 0.318. The molecule has 0 bridgehead atoms. The summed E-state index contributed by atoms with van der Waals surface area (Å²) in [5.74, 6) is 1.45. The van der Waals surface area contributed by atoms with Crippen molar-refractivity contribution in [2.24, 2.45) is 0 Å². The van der Waals surface area contributed by atoms with E-state index in [1.807, 2.05) is 0 Å². The highest BCUT2D eigenvalue weighted by Crippen LogP contribution is 2.41. The van der Waals surface area contributed by atoms with Crippen molar-refractivity contribution >= 4 is 0 Å². The minimum atomic E-state index is -4.39. The zero-order valence-electron chi connectivity index (χ0n) is 17.7. The molecule has 166 valence electrons. The predicted molar refractivity (Wildman–Crippen MR) is 110 cm³/mol. The zero-order chi connectivity index (χ0) is 22.6. The number of methoxy groups -OCH3 is 3. The molecule has 0 amide bonds. The molecule has 9 heteroatoms. The van der Waals surface area contributed by atoms with E-state index in [1.165, 1.54) is 33.5 Å². The van der Waals surface area contributed by atoms with Crippen molar-refractivity contribution in [3.8, 4) is 28.5 Å². The number of hydrogen-bond acceptors (Lipinski definition) is 5. The average Bonchev–Trinajstić information content (AvgIpc) is 3.20. The Hall–Kier alpha value is -3.20. The summed E-state index contributed by atoms with van der Waals surface area (Å²) in [6, 6.07) is 9.17. The molecule has 0 spiro atoms. The number of rotatable bonds is 8. The van der Waals surface area contributed by atoms with Gasteiger partial charge in [0.2, 0.25) is 5.75 Å². The zero-order valence-corrected chi connectivity index (χ0v) is 17.7. The van der Waals surface area contributed by atoms with E-state index in [0.29, 0.717) is 23.8 Å². The maximum atomic E-state index is 13.3. The fourth-order valence-electron chi connectivity index (χ4n) is 3.48. The molecule has 0 aliphatic heterocycles. The second-order valence-corrected chi connectivity index (χ2v) is 7.01. The summed E-state index contributed by atoms with van der Waals surface area (Å²) in [5, 5.41) is 7.08. The number of aromatic nitrogens is 2. The summed E-state index contributed by atoms with van der Waals surface area (Å²) in [6.45, 7) is 0.518. The lowest BCUT2D eigenvalue weighted by molar-refractivity contribution is -0.138. The molecule has 3 rings (SSSR count). The summed E-state index contributed by atoms with van der Waals surface area (Å²) in [4.78, 5) is 1.80. The van der Waals surface area contributed by atoms with Gasteiger partial charge in [-0.25, -0.2) is 0 Å². The summed E-state index contributed by atoms with van der Waals surface area (Å²) < 4.78 is 56.1. The molecule has 6 nitrogen and oxygen atoms in total. The maximum absolute atomic E-state index is 13.3. The Morgan fingerprint density at radius 3 is 2.13 bits per heavy atom. The highest BCUT2D eigenvalue weighted by molar-refractivity contribution is 5.70. The normalized spacial score (nSPS) is 11.6. The van der Waals surface area contributed by atoms with Crippen LogP contribution in [0, 0.1) is 0 Å². The Bertz CT molecular complexity index is 1010. The van der Waals surface area contributed by atoms with E-state index in [9.17, 15) is 13.2 Å². The van der Waals surface area contributed by atoms with Crippen molar-refractivity contribution in [3.05, 3.63) is 59.3 Å². The number of aromatic amines is 1. The largest absolute Gasteiger partial charge is 0.493 e. The van der Waals surface area contributed by atoms with E-state index >= 15 is 0 Å². The number of ether oxygens (including phenoxy) is 3. The van der Waals surface area contributed by atoms with Crippen LogP contribution >= 0.6 is 0 Å². The van der Waals surface area contributed by atoms with E-state index < -0.39 is 11.7 Å². The second-order valence-electron chi connectivity index (χ2n) is 7.01. The molecule has 1 aromatic heterocycles. The topological polar surface area (TPSA) is 59.6 Å². The van der Waals surface area contributed by atoms with Gasteiger partial charge in [-0.2, -0.15) is 18.3 Å². The number of hydrogen-bond donors (Lipinski definition) is 1. The number of nitrogens with one attached hydrogen (secondary N) is 1. The van der Waals surface area contributed by atoms with Crippen molar-refractivity contribution in [1.82, 2.24) is 15.1 Å². The Morgan fingerprint density at radius 1 is 0.935 bits per heavy atom. The van der Waals surface area contributed by atoms with Crippen molar-refractivity contribution in [1.29, 1.82) is 0 Å². The molecule has 0 unspecified atom stereocenters. The molecule has 31 heavy (non-hydrogen) atoms. The molecule has 2 aromatic carbocycles. The van der Waals surface area contributed by atoms with E-state index in [1.54, 1.807) is 36.3 Å². The molecule has 0 aliphatic carbocycles. The van der Waals surface area contributed by atoms with Gasteiger partial charge in [0.1, 0.15) is 0 Å². The summed E-state index contributed by atoms with van der Waals surface area (Å²) >= 11 is 0. The van der Waals surface area contributed by atoms with Gasteiger partial charge in [-0.15, -0.1) is 0 Å². The van der Waals surface area contributed by atoms with E-state index in [0.717, 1.165) is 22.9 Å². The van der Waals surface area contributed by atoms with Gasteiger partial charge >= 0.3 is 6.18 Å². The van der Waals surface area contributed by atoms with Crippen molar-refractivity contribution in [3.63, 3.8) is 0 Å². The Morgan fingerprint density at radius 2 is 1.55 bits per heavy atom. The minimum Gasteiger partial charge on any atom is -0.493 e. The number of benzene rings is 2. The standard InChI is InChI=1S/C22H24F3N3O3/c1-28(12-14-7-5-6-8-17(14)22(23,24)25)13-16-11-26-27-20(16)15-9-18(29-2)21(31-4)19(10-15)30-3/h5-11H,12-13H2,1-4H3,(H,26,27). The fourth-order valence-corrected chi connectivity index (χ4v) is 3.48. The molecule has 0 saturated heterocycles.